The third-order valence-corrected chi connectivity index (χ3v) is 3.26. The monoisotopic (exact) mass is 315 g/mol. The van der Waals surface area contributed by atoms with Crippen LogP contribution in [0.4, 0.5) is 0 Å². The van der Waals surface area contributed by atoms with Crippen LogP contribution in [0.15, 0.2) is 22.8 Å². The van der Waals surface area contributed by atoms with Gasteiger partial charge in [0.05, 0.1) is 12.2 Å². The van der Waals surface area contributed by atoms with Gasteiger partial charge in [0, 0.05) is 25.2 Å². The molecule has 0 radical (unpaired) electrons. The molecule has 5 heteroatoms. The summed E-state index contributed by atoms with van der Waals surface area (Å²) in [5.74, 6) is -0.687. The minimum atomic E-state index is -0.485. The number of nitrogens with zero attached hydrogens (tertiary/aromatic N) is 1. The van der Waals surface area contributed by atoms with Gasteiger partial charge in [0.1, 0.15) is 0 Å². The maximum Gasteiger partial charge on any atom is 0.339 e. The molecule has 0 aliphatic rings. The fraction of sp³-hybridized carbons (Fsp3) is 0.625. The van der Waals surface area contributed by atoms with E-state index in [1.807, 2.05) is 0 Å². The summed E-state index contributed by atoms with van der Waals surface area (Å²) in [6, 6.07) is 0. The number of ether oxygens (including phenoxy) is 1. The van der Waals surface area contributed by atoms with Crippen LogP contribution in [0.1, 0.15) is 46.0 Å². The van der Waals surface area contributed by atoms with Crippen molar-refractivity contribution >= 4 is 23.5 Å². The number of hydrogen-bond donors (Lipinski definition) is 0. The van der Waals surface area contributed by atoms with Crippen molar-refractivity contribution in [3.8, 4) is 0 Å². The van der Waals surface area contributed by atoms with Crippen LogP contribution >= 0.6 is 11.6 Å². The van der Waals surface area contributed by atoms with Gasteiger partial charge in [0.15, 0.2) is 0 Å². The molecule has 0 aliphatic carbocycles. The number of carbonyl (C=O) groups is 2. The molecule has 0 aromatic rings. The van der Waals surface area contributed by atoms with Gasteiger partial charge in [0.2, 0.25) is 5.91 Å². The second-order valence-electron chi connectivity index (χ2n) is 4.92. The average Bonchev–Trinajstić information content (AvgIpc) is 2.43. The van der Waals surface area contributed by atoms with Crippen molar-refractivity contribution in [1.82, 2.24) is 4.90 Å². The highest BCUT2D eigenvalue weighted by atomic mass is 35.5. The molecule has 0 atom stereocenters. The van der Waals surface area contributed by atoms with Crippen LogP contribution in [0.3, 0.4) is 0 Å². The second kappa shape index (κ2) is 11.4. The first-order valence-corrected chi connectivity index (χ1v) is 7.76. The molecule has 0 rings (SSSR count). The van der Waals surface area contributed by atoms with Crippen LogP contribution in [0.25, 0.3) is 0 Å². The number of carbonyl (C=O) groups excluding carboxylic acids is 2. The van der Waals surface area contributed by atoms with Crippen molar-refractivity contribution < 1.29 is 14.3 Å². The van der Waals surface area contributed by atoms with Crippen molar-refractivity contribution in [2.75, 3.05) is 20.7 Å². The van der Waals surface area contributed by atoms with E-state index >= 15 is 0 Å². The molecule has 1 amide bonds. The van der Waals surface area contributed by atoms with Gasteiger partial charge in [-0.1, -0.05) is 37.8 Å². The Morgan fingerprint density at radius 3 is 2.29 bits per heavy atom. The van der Waals surface area contributed by atoms with Crippen molar-refractivity contribution in [2.45, 2.75) is 46.0 Å². The predicted molar refractivity (Wildman–Crippen MR) is 86.1 cm³/mol. The zero-order valence-electron chi connectivity index (χ0n) is 13.4. The molecule has 21 heavy (non-hydrogen) atoms. The normalized spacial score (nSPS) is 12.2. The molecular formula is C16H26ClNO3. The lowest BCUT2D eigenvalue weighted by molar-refractivity contribution is -0.138. The predicted octanol–water partition coefficient (Wildman–Crippen LogP) is 3.66. The van der Waals surface area contributed by atoms with Gasteiger partial charge in [-0.2, -0.15) is 0 Å². The van der Waals surface area contributed by atoms with E-state index < -0.39 is 5.97 Å². The molecule has 0 saturated heterocycles. The second-order valence-corrected chi connectivity index (χ2v) is 5.37. The van der Waals surface area contributed by atoms with Crippen molar-refractivity contribution in [3.63, 3.8) is 0 Å². The lowest BCUT2D eigenvalue weighted by atomic mass is 10.1. The van der Waals surface area contributed by atoms with Crippen LogP contribution in [0.5, 0.6) is 0 Å². The lowest BCUT2D eigenvalue weighted by Gasteiger charge is -2.08. The molecule has 0 aromatic carbocycles. The highest BCUT2D eigenvalue weighted by Crippen LogP contribution is 2.20. The quantitative estimate of drug-likeness (QED) is 0.282. The summed E-state index contributed by atoms with van der Waals surface area (Å²) >= 11 is 6.22. The summed E-state index contributed by atoms with van der Waals surface area (Å²) in [7, 11) is 3.29. The molecular weight excluding hydrogens is 290 g/mol. The van der Waals surface area contributed by atoms with Gasteiger partial charge in [-0.15, -0.1) is 0 Å². The minimum Gasteiger partial charge on any atom is -0.462 e. The number of likely N-dealkylation sites (N-methyl/N-ethyl adjacent to an activating group) is 1. The van der Waals surface area contributed by atoms with Gasteiger partial charge in [-0.25, -0.2) is 4.79 Å². The first-order chi connectivity index (χ1) is 9.93. The van der Waals surface area contributed by atoms with Gasteiger partial charge in [0.25, 0.3) is 0 Å². The van der Waals surface area contributed by atoms with Crippen molar-refractivity contribution in [2.24, 2.45) is 0 Å². The molecule has 120 valence electrons. The Balaban J connectivity index is 4.94. The Bertz CT molecular complexity index is 400. The molecule has 4 nitrogen and oxygen atoms in total. The molecule has 0 saturated carbocycles. The molecule has 0 spiro atoms. The van der Waals surface area contributed by atoms with E-state index in [-0.39, 0.29) is 18.1 Å². The van der Waals surface area contributed by atoms with Crippen molar-refractivity contribution in [1.29, 1.82) is 0 Å². The van der Waals surface area contributed by atoms with Gasteiger partial charge >= 0.3 is 5.97 Å². The Morgan fingerprint density at radius 2 is 1.76 bits per heavy atom. The molecule has 0 aliphatic heterocycles. The van der Waals surface area contributed by atoms with Crippen LogP contribution < -0.4 is 0 Å². The number of rotatable bonds is 9. The zero-order valence-corrected chi connectivity index (χ0v) is 14.2. The third kappa shape index (κ3) is 8.56. The number of unbranched alkanes of at least 4 members (excludes halogenated alkanes) is 3. The summed E-state index contributed by atoms with van der Waals surface area (Å²) in [5, 5.41) is 0.451. The number of halogens is 1. The van der Waals surface area contributed by atoms with Crippen LogP contribution in [-0.4, -0.2) is 37.5 Å². The molecule has 0 fully saturated rings. The Kier molecular flexibility index (Phi) is 10.7. The Morgan fingerprint density at radius 1 is 1.10 bits per heavy atom. The zero-order chi connectivity index (χ0) is 16.3. The first-order valence-electron chi connectivity index (χ1n) is 7.39. The maximum atomic E-state index is 11.9. The first kappa shape index (κ1) is 19.7. The van der Waals surface area contributed by atoms with E-state index in [9.17, 15) is 9.59 Å². The lowest BCUT2D eigenvalue weighted by Crippen LogP contribution is -2.19. The smallest absolute Gasteiger partial charge is 0.339 e. The van der Waals surface area contributed by atoms with Crippen LogP contribution in [0.2, 0.25) is 0 Å². The standard InChI is InChI=1S/C16H26ClNO3/c1-5-7-8-9-10-14(17)13(16(20)21-6-2)11-12-15(19)18(3)4/h11-12H,5-10H2,1-4H3/b12-11+,14-13-. The molecule has 0 aromatic heterocycles. The molecule has 0 heterocycles. The number of amides is 1. The van der Waals surface area contributed by atoms with E-state index in [0.29, 0.717) is 11.5 Å². The summed E-state index contributed by atoms with van der Waals surface area (Å²) in [4.78, 5) is 24.9. The van der Waals surface area contributed by atoms with Gasteiger partial charge in [-0.05, 0) is 25.8 Å². The molecule has 0 bridgehead atoms. The Hall–Kier alpha value is -1.29. The minimum absolute atomic E-state index is 0.202. The number of allylic oxidation sites excluding steroid dienone is 1. The highest BCUT2D eigenvalue weighted by Gasteiger charge is 2.13. The molecule has 0 unspecified atom stereocenters. The Labute approximate surface area is 132 Å². The van der Waals surface area contributed by atoms with Gasteiger partial charge in [-0.3, -0.25) is 4.79 Å². The van der Waals surface area contributed by atoms with Crippen LogP contribution in [0, 0.1) is 0 Å². The third-order valence-electron chi connectivity index (χ3n) is 2.87. The van der Waals surface area contributed by atoms with Gasteiger partial charge < -0.3 is 9.64 Å². The summed E-state index contributed by atoms with van der Waals surface area (Å²) in [5.41, 5.74) is 0.269. The summed E-state index contributed by atoms with van der Waals surface area (Å²) < 4.78 is 4.99. The van der Waals surface area contributed by atoms with E-state index in [2.05, 4.69) is 6.92 Å². The highest BCUT2D eigenvalue weighted by molar-refractivity contribution is 6.32. The number of esters is 1. The summed E-state index contributed by atoms with van der Waals surface area (Å²) in [6.07, 6.45) is 7.69. The van der Waals surface area contributed by atoms with E-state index in [1.165, 1.54) is 17.1 Å². The SMILES string of the molecule is CCCCCC/C(Cl)=C(\C=C\C(=O)N(C)C)C(=O)OCC. The fourth-order valence-electron chi connectivity index (χ4n) is 1.62. The largest absolute Gasteiger partial charge is 0.462 e. The van der Waals surface area contributed by atoms with Crippen LogP contribution in [-0.2, 0) is 14.3 Å². The fourth-order valence-corrected chi connectivity index (χ4v) is 1.90. The number of hydrogen-bond acceptors (Lipinski definition) is 3. The van der Waals surface area contributed by atoms with Crippen molar-refractivity contribution in [3.05, 3.63) is 22.8 Å². The average molecular weight is 316 g/mol. The topological polar surface area (TPSA) is 46.6 Å². The summed E-state index contributed by atoms with van der Waals surface area (Å²) in [6.45, 7) is 4.15. The maximum absolute atomic E-state index is 11.9. The van der Waals surface area contributed by atoms with E-state index in [1.54, 1.807) is 21.0 Å². The van der Waals surface area contributed by atoms with E-state index in [4.69, 9.17) is 16.3 Å². The van der Waals surface area contributed by atoms with E-state index in [0.717, 1.165) is 25.7 Å². The molecule has 0 N–H and O–H groups in total.